The van der Waals surface area contributed by atoms with Crippen molar-refractivity contribution in [2.75, 3.05) is 7.05 Å². The van der Waals surface area contributed by atoms with Gasteiger partial charge in [-0.25, -0.2) is 18.1 Å². The monoisotopic (exact) mass is 412 g/mol. The second kappa shape index (κ2) is 8.18. The molecular formula is C21H24N4O3S. The average molecular weight is 413 g/mol. The minimum Gasteiger partial charge on any atom is -0.338 e. The van der Waals surface area contributed by atoms with Gasteiger partial charge in [-0.1, -0.05) is 30.3 Å². The topological polar surface area (TPSA) is 93.1 Å². The van der Waals surface area contributed by atoms with Crippen LogP contribution in [0.4, 0.5) is 0 Å². The fraction of sp³-hybridized carbons (Fsp3) is 0.238. The summed E-state index contributed by atoms with van der Waals surface area (Å²) in [4.78, 5) is 17.6. The summed E-state index contributed by atoms with van der Waals surface area (Å²) in [6, 6.07) is 12.1. The van der Waals surface area contributed by atoms with Crippen molar-refractivity contribution in [1.29, 1.82) is 0 Å². The van der Waals surface area contributed by atoms with Crippen LogP contribution in [-0.4, -0.2) is 30.9 Å². The molecule has 1 aromatic heterocycles. The predicted octanol–water partition coefficient (Wildman–Crippen LogP) is 2.46. The summed E-state index contributed by atoms with van der Waals surface area (Å²) in [5.41, 5.74) is 2.48. The lowest BCUT2D eigenvalue weighted by atomic mass is 10.0. The maximum absolute atomic E-state index is 13.1. The quantitative estimate of drug-likeness (QED) is 0.650. The lowest BCUT2D eigenvalue weighted by molar-refractivity contribution is 0.0941. The van der Waals surface area contributed by atoms with Crippen LogP contribution in [-0.2, 0) is 17.1 Å². The number of benzene rings is 2. The van der Waals surface area contributed by atoms with E-state index in [1.807, 2.05) is 48.1 Å². The molecule has 2 aromatic carbocycles. The van der Waals surface area contributed by atoms with Gasteiger partial charge >= 0.3 is 0 Å². The Balaban J connectivity index is 2.02. The molecule has 0 aliphatic heterocycles. The summed E-state index contributed by atoms with van der Waals surface area (Å²) < 4.78 is 28.9. The summed E-state index contributed by atoms with van der Waals surface area (Å²) in [6.45, 7) is 3.51. The number of hydrogen-bond acceptors (Lipinski definition) is 4. The van der Waals surface area contributed by atoms with Crippen molar-refractivity contribution < 1.29 is 13.2 Å². The summed E-state index contributed by atoms with van der Waals surface area (Å²) in [6.07, 6.45) is 3.48. The van der Waals surface area contributed by atoms with Crippen LogP contribution in [0.1, 0.15) is 38.9 Å². The van der Waals surface area contributed by atoms with Crippen molar-refractivity contribution in [3.63, 3.8) is 0 Å². The molecule has 3 aromatic rings. The van der Waals surface area contributed by atoms with E-state index in [0.29, 0.717) is 11.4 Å². The molecule has 152 valence electrons. The Labute approximate surface area is 170 Å². The molecule has 0 radical (unpaired) electrons. The molecule has 1 unspecified atom stereocenters. The first kappa shape index (κ1) is 20.8. The SMILES string of the molecule is CNS(=O)(=O)c1cc(C(=O)NC(c2ccccc2)c2nccn2C)cc(C)c1C. The van der Waals surface area contributed by atoms with Gasteiger partial charge in [-0.15, -0.1) is 0 Å². The number of imidazole rings is 1. The minimum absolute atomic E-state index is 0.0957. The summed E-state index contributed by atoms with van der Waals surface area (Å²) in [5.74, 6) is 0.300. The van der Waals surface area contributed by atoms with Gasteiger partial charge in [0.2, 0.25) is 10.0 Å². The Morgan fingerprint density at radius 3 is 2.41 bits per heavy atom. The van der Waals surface area contributed by atoms with E-state index in [1.165, 1.54) is 13.1 Å². The molecule has 0 saturated carbocycles. The lowest BCUT2D eigenvalue weighted by Gasteiger charge is -2.20. The first-order valence-corrected chi connectivity index (χ1v) is 10.6. The number of aryl methyl sites for hydroxylation is 2. The van der Waals surface area contributed by atoms with Gasteiger partial charge in [0.15, 0.2) is 0 Å². The fourth-order valence-corrected chi connectivity index (χ4v) is 4.23. The van der Waals surface area contributed by atoms with E-state index in [1.54, 1.807) is 26.1 Å². The number of hydrogen-bond donors (Lipinski definition) is 2. The first-order valence-electron chi connectivity index (χ1n) is 9.12. The lowest BCUT2D eigenvalue weighted by Crippen LogP contribution is -2.31. The molecule has 1 heterocycles. The van der Waals surface area contributed by atoms with E-state index >= 15 is 0 Å². The number of amides is 1. The van der Waals surface area contributed by atoms with Gasteiger partial charge in [-0.05, 0) is 49.7 Å². The Kier molecular flexibility index (Phi) is 5.86. The van der Waals surface area contributed by atoms with Crippen LogP contribution in [0, 0.1) is 13.8 Å². The van der Waals surface area contributed by atoms with E-state index in [4.69, 9.17) is 0 Å². The predicted molar refractivity (Wildman–Crippen MR) is 111 cm³/mol. The van der Waals surface area contributed by atoms with Gasteiger partial charge in [0.1, 0.15) is 11.9 Å². The molecule has 0 bridgehead atoms. The Morgan fingerprint density at radius 1 is 1.14 bits per heavy atom. The molecule has 2 N–H and O–H groups in total. The minimum atomic E-state index is -3.68. The van der Waals surface area contributed by atoms with Crippen molar-refractivity contribution in [3.05, 3.63) is 82.9 Å². The average Bonchev–Trinajstić information content (AvgIpc) is 3.14. The van der Waals surface area contributed by atoms with Crippen molar-refractivity contribution in [3.8, 4) is 0 Å². The summed E-state index contributed by atoms with van der Waals surface area (Å²) in [5, 5.41) is 3.00. The third-order valence-electron chi connectivity index (χ3n) is 4.97. The van der Waals surface area contributed by atoms with Crippen molar-refractivity contribution in [1.82, 2.24) is 19.6 Å². The van der Waals surface area contributed by atoms with E-state index in [9.17, 15) is 13.2 Å². The standard InChI is InChI=1S/C21H24N4O3S/c1-14-12-17(13-18(15(14)2)29(27,28)22-3)21(26)24-19(16-8-6-5-7-9-16)20-23-10-11-25(20)4/h5-13,19,22H,1-4H3,(H,24,26). The van der Waals surface area contributed by atoms with Crippen LogP contribution in [0.25, 0.3) is 0 Å². The third kappa shape index (κ3) is 4.23. The molecule has 0 fully saturated rings. The van der Waals surface area contributed by atoms with Gasteiger partial charge < -0.3 is 9.88 Å². The fourth-order valence-electron chi connectivity index (χ4n) is 3.16. The number of carbonyl (C=O) groups is 1. The molecule has 7 nitrogen and oxygen atoms in total. The maximum Gasteiger partial charge on any atom is 0.252 e. The van der Waals surface area contributed by atoms with Crippen molar-refractivity contribution >= 4 is 15.9 Å². The molecule has 0 aliphatic carbocycles. The van der Waals surface area contributed by atoms with E-state index < -0.39 is 16.1 Å². The molecule has 29 heavy (non-hydrogen) atoms. The summed E-state index contributed by atoms with van der Waals surface area (Å²) in [7, 11) is -0.475. The number of aromatic nitrogens is 2. The highest BCUT2D eigenvalue weighted by atomic mass is 32.2. The largest absolute Gasteiger partial charge is 0.338 e. The number of nitrogens with zero attached hydrogens (tertiary/aromatic N) is 2. The second-order valence-corrected chi connectivity index (χ2v) is 8.69. The molecular weight excluding hydrogens is 388 g/mol. The van der Waals surface area contributed by atoms with Crippen LogP contribution >= 0.6 is 0 Å². The number of carbonyl (C=O) groups excluding carboxylic acids is 1. The smallest absolute Gasteiger partial charge is 0.252 e. The Morgan fingerprint density at radius 2 is 1.83 bits per heavy atom. The highest BCUT2D eigenvalue weighted by Crippen LogP contribution is 2.24. The molecule has 0 saturated heterocycles. The van der Waals surface area contributed by atoms with Crippen LogP contribution in [0.15, 0.2) is 59.8 Å². The van der Waals surface area contributed by atoms with Crippen LogP contribution in [0.5, 0.6) is 0 Å². The molecule has 0 aliphatic rings. The molecule has 8 heteroatoms. The van der Waals surface area contributed by atoms with E-state index in [0.717, 1.165) is 11.1 Å². The van der Waals surface area contributed by atoms with Gasteiger partial charge in [0.25, 0.3) is 5.91 Å². The van der Waals surface area contributed by atoms with Crippen molar-refractivity contribution in [2.24, 2.45) is 7.05 Å². The normalized spacial score (nSPS) is 12.6. The van der Waals surface area contributed by atoms with Gasteiger partial charge in [-0.3, -0.25) is 4.79 Å². The molecule has 3 rings (SSSR count). The molecule has 1 amide bonds. The van der Waals surface area contributed by atoms with Gasteiger partial charge in [-0.2, -0.15) is 0 Å². The molecule has 1 atom stereocenters. The third-order valence-corrected chi connectivity index (χ3v) is 6.51. The van der Waals surface area contributed by atoms with Crippen LogP contribution in [0.2, 0.25) is 0 Å². The summed E-state index contributed by atoms with van der Waals surface area (Å²) >= 11 is 0. The zero-order valence-corrected chi connectivity index (χ0v) is 17.6. The molecule has 0 spiro atoms. The number of rotatable bonds is 6. The highest BCUT2D eigenvalue weighted by Gasteiger charge is 2.24. The van der Waals surface area contributed by atoms with Gasteiger partial charge in [0.05, 0.1) is 4.90 Å². The highest BCUT2D eigenvalue weighted by molar-refractivity contribution is 7.89. The zero-order chi connectivity index (χ0) is 21.2. The second-order valence-electron chi connectivity index (χ2n) is 6.84. The van der Waals surface area contributed by atoms with Crippen molar-refractivity contribution in [2.45, 2.75) is 24.8 Å². The Bertz CT molecular complexity index is 1140. The Hall–Kier alpha value is -2.97. The van der Waals surface area contributed by atoms with E-state index in [-0.39, 0.29) is 16.4 Å². The van der Waals surface area contributed by atoms with Crippen LogP contribution in [0.3, 0.4) is 0 Å². The van der Waals surface area contributed by atoms with Gasteiger partial charge in [0, 0.05) is 25.0 Å². The van der Waals surface area contributed by atoms with E-state index in [2.05, 4.69) is 15.0 Å². The van der Waals surface area contributed by atoms with Crippen LogP contribution < -0.4 is 10.0 Å². The number of sulfonamides is 1. The zero-order valence-electron chi connectivity index (χ0n) is 16.8. The number of nitrogens with one attached hydrogen (secondary N) is 2. The maximum atomic E-state index is 13.1. The first-order chi connectivity index (χ1) is 13.7.